The van der Waals surface area contributed by atoms with Gasteiger partial charge in [0.2, 0.25) is 3.24 Å². The summed E-state index contributed by atoms with van der Waals surface area (Å²) < 4.78 is -1.44. The van der Waals surface area contributed by atoms with E-state index in [1.54, 1.807) is 24.3 Å². The van der Waals surface area contributed by atoms with Crippen LogP contribution in [0.15, 0.2) is 24.3 Å². The van der Waals surface area contributed by atoms with Crippen LogP contribution in [0.4, 0.5) is 10.5 Å². The molecule has 0 radical (unpaired) electrons. The number of rotatable bonds is 3. The smallest absolute Gasteiger partial charge is 0.308 e. The van der Waals surface area contributed by atoms with E-state index in [0.29, 0.717) is 10.7 Å². The topological polar surface area (TPSA) is 32.3 Å². The highest BCUT2D eigenvalue weighted by Gasteiger charge is 2.35. The van der Waals surface area contributed by atoms with Crippen LogP contribution in [0.1, 0.15) is 0 Å². The van der Waals surface area contributed by atoms with Gasteiger partial charge in [-0.3, -0.25) is 0 Å². The molecule has 1 aromatic carbocycles. The van der Waals surface area contributed by atoms with Crippen LogP contribution in [0.3, 0.4) is 0 Å². The number of halogens is 5. The molecule has 100 valence electrons. The maximum Gasteiger partial charge on any atom is 0.322 e. The van der Waals surface area contributed by atoms with Crippen LogP contribution in [-0.4, -0.2) is 26.7 Å². The fourth-order valence-electron chi connectivity index (χ4n) is 1.10. The lowest BCUT2D eigenvalue weighted by atomic mass is 10.3. The zero-order valence-corrected chi connectivity index (χ0v) is 13.7. The maximum absolute atomic E-state index is 11.9. The highest BCUT2D eigenvalue weighted by Crippen LogP contribution is 2.37. The van der Waals surface area contributed by atoms with E-state index in [9.17, 15) is 4.79 Å². The molecule has 1 rings (SSSR count). The molecule has 0 aromatic heterocycles. The standard InChI is InChI=1S/C10H9BrCl4N2O/c1-17(8(13)10(11,14)15)9(18)16-7-4-2-3-6(12)5-7/h2-5,8H,1H3,(H,16,18). The number of hydrogen-bond donors (Lipinski definition) is 1. The number of carbonyl (C=O) groups is 1. The molecule has 1 aromatic rings. The van der Waals surface area contributed by atoms with Crippen LogP contribution in [0.25, 0.3) is 0 Å². The number of urea groups is 1. The molecule has 0 saturated heterocycles. The quantitative estimate of drug-likeness (QED) is 0.574. The average molecular weight is 395 g/mol. The Labute approximate surface area is 133 Å². The van der Waals surface area contributed by atoms with Crippen molar-refractivity contribution < 1.29 is 4.79 Å². The fraction of sp³-hybridized carbons (Fsp3) is 0.300. The third kappa shape index (κ3) is 4.67. The summed E-state index contributed by atoms with van der Waals surface area (Å²) >= 11 is 26.2. The van der Waals surface area contributed by atoms with Gasteiger partial charge in [0, 0.05) is 17.8 Å². The zero-order valence-electron chi connectivity index (χ0n) is 9.13. The Balaban J connectivity index is 2.71. The normalized spacial score (nSPS) is 13.0. The molecule has 1 unspecified atom stereocenters. The molecular weight excluding hydrogens is 386 g/mol. The monoisotopic (exact) mass is 392 g/mol. The number of carbonyl (C=O) groups excluding carboxylic acids is 1. The summed E-state index contributed by atoms with van der Waals surface area (Å²) in [6.07, 6.45) is 0. The summed E-state index contributed by atoms with van der Waals surface area (Å²) in [5.74, 6) is 0. The Morgan fingerprint density at radius 1 is 1.50 bits per heavy atom. The molecular formula is C10H9BrCl4N2O. The van der Waals surface area contributed by atoms with Crippen molar-refractivity contribution >= 4 is 74.1 Å². The average Bonchev–Trinajstić information content (AvgIpc) is 2.25. The lowest BCUT2D eigenvalue weighted by molar-refractivity contribution is 0.219. The van der Waals surface area contributed by atoms with Crippen molar-refractivity contribution in [2.75, 3.05) is 12.4 Å². The highest BCUT2D eigenvalue weighted by atomic mass is 79.9. The van der Waals surface area contributed by atoms with Crippen molar-refractivity contribution in [3.8, 4) is 0 Å². The minimum absolute atomic E-state index is 0.456. The van der Waals surface area contributed by atoms with Crippen molar-refractivity contribution in [1.29, 1.82) is 0 Å². The van der Waals surface area contributed by atoms with E-state index in [1.165, 1.54) is 7.05 Å². The van der Waals surface area contributed by atoms with Crippen LogP contribution in [0.5, 0.6) is 0 Å². The summed E-state index contributed by atoms with van der Waals surface area (Å²) in [5.41, 5.74) is -0.396. The highest BCUT2D eigenvalue weighted by molar-refractivity contribution is 9.11. The zero-order chi connectivity index (χ0) is 13.9. The Morgan fingerprint density at radius 2 is 2.11 bits per heavy atom. The third-order valence-corrected chi connectivity index (χ3v) is 4.20. The molecule has 0 fully saturated rings. The molecule has 0 saturated carbocycles. The number of nitrogens with zero attached hydrogens (tertiary/aromatic N) is 1. The summed E-state index contributed by atoms with van der Waals surface area (Å²) in [4.78, 5) is 13.0. The SMILES string of the molecule is CN(C(=O)Nc1cccc(Cl)c1)C(Cl)C(Cl)(Cl)Br. The van der Waals surface area contributed by atoms with E-state index in [2.05, 4.69) is 21.2 Å². The van der Waals surface area contributed by atoms with Crippen molar-refractivity contribution in [1.82, 2.24) is 4.90 Å². The van der Waals surface area contributed by atoms with Gasteiger partial charge >= 0.3 is 6.03 Å². The van der Waals surface area contributed by atoms with Crippen LogP contribution < -0.4 is 5.32 Å². The first-order valence-corrected chi connectivity index (χ1v) is 7.08. The molecule has 8 heteroatoms. The molecule has 1 atom stereocenters. The van der Waals surface area contributed by atoms with E-state index in [-0.39, 0.29) is 0 Å². The van der Waals surface area contributed by atoms with Crippen molar-refractivity contribution in [3.63, 3.8) is 0 Å². The van der Waals surface area contributed by atoms with Crippen molar-refractivity contribution in [2.45, 2.75) is 8.74 Å². The van der Waals surface area contributed by atoms with Gasteiger partial charge < -0.3 is 10.2 Å². The number of benzene rings is 1. The van der Waals surface area contributed by atoms with Gasteiger partial charge in [0.15, 0.2) is 5.50 Å². The van der Waals surface area contributed by atoms with E-state index in [0.717, 1.165) is 4.90 Å². The Bertz CT molecular complexity index is 438. The molecule has 0 aliphatic carbocycles. The predicted octanol–water partition coefficient (Wildman–Crippen LogP) is 4.89. The Morgan fingerprint density at radius 3 is 2.61 bits per heavy atom. The largest absolute Gasteiger partial charge is 0.322 e. The fourth-order valence-corrected chi connectivity index (χ4v) is 1.98. The minimum atomic E-state index is -1.44. The number of nitrogens with one attached hydrogen (secondary N) is 1. The third-order valence-electron chi connectivity index (χ3n) is 2.01. The summed E-state index contributed by atoms with van der Waals surface area (Å²) in [6.45, 7) is 0. The summed E-state index contributed by atoms with van der Waals surface area (Å²) in [7, 11) is 1.47. The number of amides is 2. The molecule has 0 heterocycles. The van der Waals surface area contributed by atoms with Crippen molar-refractivity contribution in [3.05, 3.63) is 29.3 Å². The van der Waals surface area contributed by atoms with Gasteiger partial charge in [-0.05, 0) is 34.1 Å². The Hall–Kier alpha value is 0.130. The number of alkyl halides is 4. The molecule has 2 amide bonds. The van der Waals surface area contributed by atoms with Gasteiger partial charge in [-0.15, -0.1) is 0 Å². The minimum Gasteiger partial charge on any atom is -0.308 e. The van der Waals surface area contributed by atoms with Crippen molar-refractivity contribution in [2.24, 2.45) is 0 Å². The molecule has 0 spiro atoms. The van der Waals surface area contributed by atoms with Crippen LogP contribution in [0.2, 0.25) is 5.02 Å². The molecule has 0 bridgehead atoms. The number of hydrogen-bond acceptors (Lipinski definition) is 1. The van der Waals surface area contributed by atoms with Crippen LogP contribution in [-0.2, 0) is 0 Å². The summed E-state index contributed by atoms with van der Waals surface area (Å²) in [6, 6.07) is 6.27. The molecule has 0 aliphatic heterocycles. The first kappa shape index (κ1) is 16.2. The lowest BCUT2D eigenvalue weighted by Gasteiger charge is -2.28. The predicted molar refractivity (Wildman–Crippen MR) is 81.2 cm³/mol. The van der Waals surface area contributed by atoms with E-state index < -0.39 is 14.8 Å². The van der Waals surface area contributed by atoms with Gasteiger partial charge in [0.25, 0.3) is 0 Å². The van der Waals surface area contributed by atoms with E-state index >= 15 is 0 Å². The molecule has 3 nitrogen and oxygen atoms in total. The van der Waals surface area contributed by atoms with E-state index in [1.807, 2.05) is 0 Å². The van der Waals surface area contributed by atoms with Crippen LogP contribution in [0, 0.1) is 0 Å². The number of anilines is 1. The maximum atomic E-state index is 11.9. The van der Waals surface area contributed by atoms with Gasteiger partial charge in [-0.2, -0.15) is 0 Å². The summed E-state index contributed by atoms with van der Waals surface area (Å²) in [5, 5.41) is 3.13. The molecule has 1 N–H and O–H groups in total. The Kier molecular flexibility index (Phi) is 5.87. The van der Waals surface area contributed by atoms with Gasteiger partial charge in [0.05, 0.1) is 0 Å². The van der Waals surface area contributed by atoms with Crippen LogP contribution >= 0.6 is 62.3 Å². The van der Waals surface area contributed by atoms with E-state index in [4.69, 9.17) is 46.4 Å². The second-order valence-electron chi connectivity index (χ2n) is 3.43. The first-order chi connectivity index (χ1) is 8.21. The lowest BCUT2D eigenvalue weighted by Crippen LogP contribution is -2.43. The first-order valence-electron chi connectivity index (χ1n) is 4.72. The van der Waals surface area contributed by atoms with Gasteiger partial charge in [0.1, 0.15) is 0 Å². The second kappa shape index (κ2) is 6.53. The van der Waals surface area contributed by atoms with Gasteiger partial charge in [-0.25, -0.2) is 4.79 Å². The molecule has 18 heavy (non-hydrogen) atoms. The second-order valence-corrected chi connectivity index (χ2v) is 7.83. The molecule has 0 aliphatic rings. The van der Waals surface area contributed by atoms with Gasteiger partial charge in [-0.1, -0.05) is 52.5 Å².